The SMILES string of the molecule is CC(C)COC(=O)C(C(=O)OCc1ccccc1)C(C(=O)I)C(=O)OCc1ccccc1. The average Bonchev–Trinajstić information content (AvgIpc) is 2.78. The molecule has 8 heteroatoms. The van der Waals surface area contributed by atoms with Crippen LogP contribution in [0.5, 0.6) is 0 Å². The number of halogens is 1. The van der Waals surface area contributed by atoms with Crippen molar-refractivity contribution in [2.75, 3.05) is 6.61 Å². The molecule has 0 radical (unpaired) electrons. The van der Waals surface area contributed by atoms with Crippen LogP contribution < -0.4 is 0 Å². The van der Waals surface area contributed by atoms with Crippen LogP contribution in [0.25, 0.3) is 0 Å². The van der Waals surface area contributed by atoms with E-state index < -0.39 is 33.5 Å². The van der Waals surface area contributed by atoms with E-state index in [-0.39, 0.29) is 25.7 Å². The Morgan fingerprint density at radius 3 is 1.50 bits per heavy atom. The number of rotatable bonds is 11. The summed E-state index contributed by atoms with van der Waals surface area (Å²) in [5.41, 5.74) is 1.39. The van der Waals surface area contributed by atoms with Crippen molar-refractivity contribution in [3.05, 3.63) is 71.8 Å². The van der Waals surface area contributed by atoms with Gasteiger partial charge in [0.15, 0.2) is 5.92 Å². The minimum absolute atomic E-state index is 0.00118. The molecule has 0 fully saturated rings. The Labute approximate surface area is 200 Å². The summed E-state index contributed by atoms with van der Waals surface area (Å²) >= 11 is 1.38. The van der Waals surface area contributed by atoms with Crippen molar-refractivity contribution in [1.29, 1.82) is 0 Å². The van der Waals surface area contributed by atoms with Gasteiger partial charge in [0.2, 0.25) is 3.79 Å². The molecule has 0 bridgehead atoms. The van der Waals surface area contributed by atoms with E-state index in [4.69, 9.17) is 14.2 Å². The van der Waals surface area contributed by atoms with Crippen LogP contribution in [-0.2, 0) is 46.6 Å². The first-order valence-corrected chi connectivity index (χ1v) is 11.1. The summed E-state index contributed by atoms with van der Waals surface area (Å²) in [6.45, 7) is 3.46. The third-order valence-electron chi connectivity index (χ3n) is 4.35. The summed E-state index contributed by atoms with van der Waals surface area (Å²) in [5, 5.41) is 0. The zero-order valence-corrected chi connectivity index (χ0v) is 20.0. The molecule has 2 atom stereocenters. The highest BCUT2D eigenvalue weighted by molar-refractivity contribution is 14.1. The number of carbonyl (C=O) groups is 4. The third kappa shape index (κ3) is 8.07. The molecule has 0 aliphatic rings. The fourth-order valence-electron chi connectivity index (χ4n) is 2.70. The standard InChI is InChI=1S/C24H25IO7/c1-16(2)13-30-23(28)20(24(29)32-15-18-11-7-4-8-12-18)19(21(25)26)22(27)31-14-17-9-5-3-6-10-17/h3-12,16,19-20H,13-15H2,1-2H3. The highest BCUT2D eigenvalue weighted by atomic mass is 127. The predicted octanol–water partition coefficient (Wildman–Crippen LogP) is 3.87. The van der Waals surface area contributed by atoms with E-state index in [0.29, 0.717) is 11.1 Å². The molecule has 0 aliphatic carbocycles. The second-order valence-electron chi connectivity index (χ2n) is 7.47. The van der Waals surface area contributed by atoms with Crippen molar-refractivity contribution in [3.8, 4) is 0 Å². The van der Waals surface area contributed by atoms with Gasteiger partial charge >= 0.3 is 17.9 Å². The number of hydrogen-bond donors (Lipinski definition) is 0. The molecular weight excluding hydrogens is 527 g/mol. The van der Waals surface area contributed by atoms with Gasteiger partial charge in [-0.3, -0.25) is 19.2 Å². The lowest BCUT2D eigenvalue weighted by atomic mass is 9.93. The van der Waals surface area contributed by atoms with Crippen LogP contribution in [0.2, 0.25) is 0 Å². The molecule has 2 aromatic carbocycles. The van der Waals surface area contributed by atoms with Crippen LogP contribution in [0.4, 0.5) is 0 Å². The first kappa shape index (κ1) is 25.5. The van der Waals surface area contributed by atoms with Gasteiger partial charge < -0.3 is 14.2 Å². The lowest BCUT2D eigenvalue weighted by Gasteiger charge is -2.21. The van der Waals surface area contributed by atoms with Gasteiger partial charge in [0, 0.05) is 22.6 Å². The van der Waals surface area contributed by atoms with Crippen LogP contribution in [0.3, 0.4) is 0 Å². The molecule has 0 amide bonds. The van der Waals surface area contributed by atoms with Crippen molar-refractivity contribution in [2.24, 2.45) is 17.8 Å². The maximum Gasteiger partial charge on any atom is 0.322 e. The quantitative estimate of drug-likeness (QED) is 0.137. The predicted molar refractivity (Wildman–Crippen MR) is 124 cm³/mol. The Morgan fingerprint density at radius 1 is 0.688 bits per heavy atom. The molecule has 0 saturated heterocycles. The maximum absolute atomic E-state index is 12.8. The summed E-state index contributed by atoms with van der Waals surface area (Å²) < 4.78 is 15.0. The smallest absolute Gasteiger partial charge is 0.322 e. The largest absolute Gasteiger partial charge is 0.465 e. The molecule has 0 heterocycles. The van der Waals surface area contributed by atoms with Crippen LogP contribution >= 0.6 is 22.6 Å². The maximum atomic E-state index is 12.8. The fraction of sp³-hybridized carbons (Fsp3) is 0.333. The van der Waals surface area contributed by atoms with Gasteiger partial charge in [-0.15, -0.1) is 0 Å². The number of ether oxygens (including phenoxy) is 3. The van der Waals surface area contributed by atoms with E-state index in [1.54, 1.807) is 48.5 Å². The zero-order chi connectivity index (χ0) is 23.5. The van der Waals surface area contributed by atoms with Gasteiger partial charge in [-0.05, 0) is 17.0 Å². The van der Waals surface area contributed by atoms with E-state index in [0.717, 1.165) is 0 Å². The van der Waals surface area contributed by atoms with Crippen LogP contribution in [0.15, 0.2) is 60.7 Å². The van der Waals surface area contributed by atoms with Crippen molar-refractivity contribution < 1.29 is 33.4 Å². The minimum Gasteiger partial charge on any atom is -0.465 e. The van der Waals surface area contributed by atoms with Gasteiger partial charge in [0.05, 0.1) is 6.61 Å². The number of benzene rings is 2. The van der Waals surface area contributed by atoms with Crippen LogP contribution in [0.1, 0.15) is 25.0 Å². The molecular formula is C24H25IO7. The van der Waals surface area contributed by atoms with E-state index in [2.05, 4.69) is 0 Å². The highest BCUT2D eigenvalue weighted by Crippen LogP contribution is 2.24. The van der Waals surface area contributed by atoms with Gasteiger partial charge in [-0.25, -0.2) is 0 Å². The monoisotopic (exact) mass is 552 g/mol. The first-order chi connectivity index (χ1) is 15.3. The van der Waals surface area contributed by atoms with Crippen molar-refractivity contribution in [3.63, 3.8) is 0 Å². The Balaban J connectivity index is 2.19. The number of carbonyl (C=O) groups excluding carboxylic acids is 4. The molecule has 0 N–H and O–H groups in total. The molecule has 170 valence electrons. The van der Waals surface area contributed by atoms with E-state index >= 15 is 0 Å². The summed E-state index contributed by atoms with van der Waals surface area (Å²) in [6.07, 6.45) is 0. The lowest BCUT2D eigenvalue weighted by Crippen LogP contribution is -2.42. The van der Waals surface area contributed by atoms with Gasteiger partial charge in [0.25, 0.3) is 0 Å². The Bertz CT molecular complexity index is 912. The van der Waals surface area contributed by atoms with E-state index in [9.17, 15) is 19.2 Å². The molecule has 0 saturated carbocycles. The molecule has 2 aromatic rings. The molecule has 2 unspecified atom stereocenters. The summed E-state index contributed by atoms with van der Waals surface area (Å²) in [6, 6.07) is 17.7. The highest BCUT2D eigenvalue weighted by Gasteiger charge is 2.46. The molecule has 0 aromatic heterocycles. The molecule has 2 rings (SSSR count). The zero-order valence-electron chi connectivity index (χ0n) is 17.9. The van der Waals surface area contributed by atoms with Crippen molar-refractivity contribution in [2.45, 2.75) is 27.1 Å². The first-order valence-electron chi connectivity index (χ1n) is 10.1. The molecule has 32 heavy (non-hydrogen) atoms. The van der Waals surface area contributed by atoms with Crippen LogP contribution in [0, 0.1) is 17.8 Å². The van der Waals surface area contributed by atoms with Gasteiger partial charge in [-0.2, -0.15) is 0 Å². The second kappa shape index (κ2) is 12.9. The summed E-state index contributed by atoms with van der Waals surface area (Å²) in [7, 11) is 0. The van der Waals surface area contributed by atoms with Gasteiger partial charge in [-0.1, -0.05) is 74.5 Å². The Morgan fingerprint density at radius 2 is 1.09 bits per heavy atom. The van der Waals surface area contributed by atoms with Crippen molar-refractivity contribution in [1.82, 2.24) is 0 Å². The number of hydrogen-bond acceptors (Lipinski definition) is 7. The molecule has 0 spiro atoms. The number of esters is 3. The van der Waals surface area contributed by atoms with Crippen molar-refractivity contribution >= 4 is 44.3 Å². The average molecular weight is 552 g/mol. The summed E-state index contributed by atoms with van der Waals surface area (Å²) in [4.78, 5) is 50.7. The minimum atomic E-state index is -1.76. The fourth-order valence-corrected chi connectivity index (χ4v) is 3.32. The lowest BCUT2D eigenvalue weighted by molar-refractivity contribution is -0.174. The normalized spacial score (nSPS) is 12.5. The molecule has 0 aliphatic heterocycles. The Hall–Kier alpha value is -2.75. The van der Waals surface area contributed by atoms with E-state index in [1.807, 2.05) is 26.0 Å². The molecule has 7 nitrogen and oxygen atoms in total. The second-order valence-corrected chi connectivity index (χ2v) is 8.53. The van der Waals surface area contributed by atoms with Crippen LogP contribution in [-0.4, -0.2) is 28.3 Å². The summed E-state index contributed by atoms with van der Waals surface area (Å²) in [5.74, 6) is -6.44. The third-order valence-corrected chi connectivity index (χ3v) is 5.02. The van der Waals surface area contributed by atoms with E-state index in [1.165, 1.54) is 22.6 Å². The van der Waals surface area contributed by atoms with Gasteiger partial charge in [0.1, 0.15) is 19.1 Å². The topological polar surface area (TPSA) is 96.0 Å². The Kier molecular flexibility index (Phi) is 10.3.